The fourth-order valence-corrected chi connectivity index (χ4v) is 2.52. The Balaban J connectivity index is 1.73. The van der Waals surface area contributed by atoms with Crippen LogP contribution in [0.4, 0.5) is 5.82 Å². The molecule has 0 saturated carbocycles. The van der Waals surface area contributed by atoms with E-state index in [1.165, 1.54) is 6.92 Å². The molecule has 0 aromatic carbocycles. The van der Waals surface area contributed by atoms with Crippen LogP contribution in [0.2, 0.25) is 5.15 Å². The Morgan fingerprint density at radius 2 is 1.91 bits per heavy atom. The number of hydrogen-bond donors (Lipinski definition) is 2. The molecule has 120 valence electrons. The Morgan fingerprint density at radius 3 is 2.50 bits per heavy atom. The topological polar surface area (TPSA) is 87.2 Å². The largest absolute Gasteiger partial charge is 0.355 e. The van der Waals surface area contributed by atoms with Gasteiger partial charge in [-0.25, -0.2) is 0 Å². The number of halogens is 1. The van der Waals surface area contributed by atoms with Gasteiger partial charge in [-0.05, 0) is 25.0 Å². The van der Waals surface area contributed by atoms with Gasteiger partial charge in [-0.15, -0.1) is 10.2 Å². The normalized spacial score (nSPS) is 15.5. The van der Waals surface area contributed by atoms with Crippen molar-refractivity contribution < 1.29 is 9.59 Å². The van der Waals surface area contributed by atoms with Crippen LogP contribution in [0.5, 0.6) is 0 Å². The molecule has 1 fully saturated rings. The van der Waals surface area contributed by atoms with Gasteiger partial charge in [0.15, 0.2) is 11.0 Å². The van der Waals surface area contributed by atoms with Crippen LogP contribution in [0.25, 0.3) is 0 Å². The first-order valence-corrected chi connectivity index (χ1v) is 7.70. The SMILES string of the molecule is CC(=O)NCCNC(=O)C1CCN(c2ccc(Cl)nn2)CC1. The van der Waals surface area contributed by atoms with Gasteiger partial charge in [0.2, 0.25) is 11.8 Å². The summed E-state index contributed by atoms with van der Waals surface area (Å²) < 4.78 is 0. The molecule has 7 nitrogen and oxygen atoms in total. The zero-order valence-corrected chi connectivity index (χ0v) is 13.3. The number of nitrogens with one attached hydrogen (secondary N) is 2. The molecule has 1 saturated heterocycles. The minimum atomic E-state index is -0.0911. The number of nitrogens with zero attached hydrogens (tertiary/aromatic N) is 3. The van der Waals surface area contributed by atoms with Crippen LogP contribution in [0.1, 0.15) is 19.8 Å². The molecule has 0 atom stereocenters. The van der Waals surface area contributed by atoms with Gasteiger partial charge >= 0.3 is 0 Å². The third-order valence-corrected chi connectivity index (χ3v) is 3.81. The standard InChI is InChI=1S/C14H20ClN5O2/c1-10(21)16-6-7-17-14(22)11-4-8-20(9-5-11)13-3-2-12(15)18-19-13/h2-3,11H,4-9H2,1H3,(H,16,21)(H,17,22). The molecule has 1 aromatic heterocycles. The van der Waals surface area contributed by atoms with E-state index < -0.39 is 0 Å². The third kappa shape index (κ3) is 4.84. The van der Waals surface area contributed by atoms with Crippen LogP contribution in [-0.4, -0.2) is 48.2 Å². The van der Waals surface area contributed by atoms with E-state index in [0.717, 1.165) is 31.7 Å². The Bertz CT molecular complexity index is 514. The third-order valence-electron chi connectivity index (χ3n) is 3.61. The Morgan fingerprint density at radius 1 is 1.23 bits per heavy atom. The van der Waals surface area contributed by atoms with Crippen molar-refractivity contribution in [2.75, 3.05) is 31.1 Å². The van der Waals surface area contributed by atoms with Crippen LogP contribution < -0.4 is 15.5 Å². The summed E-state index contributed by atoms with van der Waals surface area (Å²) in [5, 5.41) is 13.8. The second kappa shape index (κ2) is 7.93. The monoisotopic (exact) mass is 325 g/mol. The van der Waals surface area contributed by atoms with Gasteiger partial charge in [0, 0.05) is 39.0 Å². The highest BCUT2D eigenvalue weighted by Crippen LogP contribution is 2.21. The van der Waals surface area contributed by atoms with Crippen molar-refractivity contribution in [1.82, 2.24) is 20.8 Å². The molecule has 0 aliphatic carbocycles. The van der Waals surface area contributed by atoms with Gasteiger partial charge in [0.25, 0.3) is 0 Å². The lowest BCUT2D eigenvalue weighted by Crippen LogP contribution is -2.42. The number of hydrogen-bond acceptors (Lipinski definition) is 5. The van der Waals surface area contributed by atoms with Gasteiger partial charge in [-0.2, -0.15) is 0 Å². The zero-order chi connectivity index (χ0) is 15.9. The minimum Gasteiger partial charge on any atom is -0.355 e. The quantitative estimate of drug-likeness (QED) is 0.774. The van der Waals surface area contributed by atoms with E-state index in [9.17, 15) is 9.59 Å². The molecular formula is C14H20ClN5O2. The van der Waals surface area contributed by atoms with Crippen molar-refractivity contribution in [1.29, 1.82) is 0 Å². The van der Waals surface area contributed by atoms with Crippen LogP contribution in [-0.2, 0) is 9.59 Å². The summed E-state index contributed by atoms with van der Waals surface area (Å²) in [6.45, 7) is 3.90. The first kappa shape index (κ1) is 16.5. The van der Waals surface area contributed by atoms with Crippen LogP contribution in [0.15, 0.2) is 12.1 Å². The summed E-state index contributed by atoms with van der Waals surface area (Å²) in [6.07, 6.45) is 1.55. The fourth-order valence-electron chi connectivity index (χ4n) is 2.42. The van der Waals surface area contributed by atoms with Crippen molar-refractivity contribution in [3.63, 3.8) is 0 Å². The Kier molecular flexibility index (Phi) is 5.94. The fraction of sp³-hybridized carbons (Fsp3) is 0.571. The van der Waals surface area contributed by atoms with Crippen LogP contribution in [0, 0.1) is 5.92 Å². The van der Waals surface area contributed by atoms with E-state index in [4.69, 9.17) is 11.6 Å². The predicted molar refractivity (Wildman–Crippen MR) is 83.7 cm³/mol. The second-order valence-electron chi connectivity index (χ2n) is 5.25. The lowest BCUT2D eigenvalue weighted by Gasteiger charge is -2.31. The average Bonchev–Trinajstić information content (AvgIpc) is 2.52. The average molecular weight is 326 g/mol. The van der Waals surface area contributed by atoms with E-state index in [-0.39, 0.29) is 17.7 Å². The molecular weight excluding hydrogens is 306 g/mol. The number of rotatable bonds is 5. The molecule has 2 N–H and O–H groups in total. The second-order valence-corrected chi connectivity index (χ2v) is 5.64. The zero-order valence-electron chi connectivity index (χ0n) is 12.5. The van der Waals surface area contributed by atoms with E-state index >= 15 is 0 Å². The van der Waals surface area contributed by atoms with Crippen LogP contribution in [0.3, 0.4) is 0 Å². The maximum absolute atomic E-state index is 12.0. The first-order chi connectivity index (χ1) is 10.6. The van der Waals surface area contributed by atoms with Gasteiger partial charge in [0.05, 0.1) is 0 Å². The molecule has 2 rings (SSSR count). The molecule has 0 unspecified atom stereocenters. The number of carbonyl (C=O) groups excluding carboxylic acids is 2. The summed E-state index contributed by atoms with van der Waals surface area (Å²) >= 11 is 5.72. The highest BCUT2D eigenvalue weighted by Gasteiger charge is 2.25. The number of aromatic nitrogens is 2. The number of amides is 2. The maximum Gasteiger partial charge on any atom is 0.223 e. The molecule has 1 aliphatic heterocycles. The van der Waals surface area contributed by atoms with Gasteiger partial charge in [-0.3, -0.25) is 9.59 Å². The lowest BCUT2D eigenvalue weighted by molar-refractivity contribution is -0.126. The molecule has 0 spiro atoms. The number of anilines is 1. The van der Waals surface area contributed by atoms with E-state index in [2.05, 4.69) is 25.7 Å². The van der Waals surface area contributed by atoms with Crippen molar-refractivity contribution in [2.45, 2.75) is 19.8 Å². The van der Waals surface area contributed by atoms with Gasteiger partial charge in [-0.1, -0.05) is 11.6 Å². The lowest BCUT2D eigenvalue weighted by atomic mass is 9.96. The summed E-state index contributed by atoms with van der Waals surface area (Å²) in [5.74, 6) is 0.751. The summed E-state index contributed by atoms with van der Waals surface area (Å²) in [5.41, 5.74) is 0. The highest BCUT2D eigenvalue weighted by molar-refractivity contribution is 6.29. The molecule has 1 aromatic rings. The molecule has 0 bridgehead atoms. The Hall–Kier alpha value is -1.89. The minimum absolute atomic E-state index is 0.00818. The molecule has 8 heteroatoms. The van der Waals surface area contributed by atoms with E-state index in [1.54, 1.807) is 6.07 Å². The predicted octanol–water partition coefficient (Wildman–Crippen LogP) is 0.599. The summed E-state index contributed by atoms with van der Waals surface area (Å²) in [6, 6.07) is 3.55. The van der Waals surface area contributed by atoms with Crippen molar-refractivity contribution in [3.8, 4) is 0 Å². The summed E-state index contributed by atoms with van der Waals surface area (Å²) in [4.78, 5) is 24.9. The molecule has 2 heterocycles. The molecule has 22 heavy (non-hydrogen) atoms. The summed E-state index contributed by atoms with van der Waals surface area (Å²) in [7, 11) is 0. The van der Waals surface area contributed by atoms with Gasteiger partial charge < -0.3 is 15.5 Å². The molecule has 2 amide bonds. The van der Waals surface area contributed by atoms with E-state index in [0.29, 0.717) is 18.2 Å². The van der Waals surface area contributed by atoms with Gasteiger partial charge in [0.1, 0.15) is 0 Å². The Labute approximate surface area is 134 Å². The van der Waals surface area contributed by atoms with Crippen molar-refractivity contribution >= 4 is 29.2 Å². The molecule has 0 radical (unpaired) electrons. The highest BCUT2D eigenvalue weighted by atomic mass is 35.5. The first-order valence-electron chi connectivity index (χ1n) is 7.32. The van der Waals surface area contributed by atoms with E-state index in [1.807, 2.05) is 6.07 Å². The maximum atomic E-state index is 12.0. The molecule has 1 aliphatic rings. The number of carbonyl (C=O) groups is 2. The van der Waals surface area contributed by atoms with Crippen molar-refractivity contribution in [2.24, 2.45) is 5.92 Å². The van der Waals surface area contributed by atoms with Crippen molar-refractivity contribution in [3.05, 3.63) is 17.3 Å². The smallest absolute Gasteiger partial charge is 0.223 e. The number of piperidine rings is 1. The van der Waals surface area contributed by atoms with Crippen LogP contribution >= 0.6 is 11.6 Å².